The van der Waals surface area contributed by atoms with E-state index >= 15 is 0 Å². The molecule has 1 heterocycles. The molecule has 18 heavy (non-hydrogen) atoms. The lowest BCUT2D eigenvalue weighted by Gasteiger charge is -2.35. The van der Waals surface area contributed by atoms with Crippen molar-refractivity contribution in [3.8, 4) is 0 Å². The Morgan fingerprint density at radius 3 is 2.22 bits per heavy atom. The highest BCUT2D eigenvalue weighted by atomic mass is 15.1. The molecule has 2 rings (SSSR count). The first-order valence-corrected chi connectivity index (χ1v) is 8.28. The summed E-state index contributed by atoms with van der Waals surface area (Å²) in [6.45, 7) is 8.80. The molecule has 106 valence electrons. The highest BCUT2D eigenvalue weighted by Gasteiger charge is 2.35. The molecule has 0 bridgehead atoms. The standard InChI is InChI=1S/C16H32N2/c1-2-11-17-14-16(9-5-6-10-16)15-18-12-7-3-4-8-13-18/h17H,2-15H2,1H3. The predicted molar refractivity (Wildman–Crippen MR) is 79.0 cm³/mol. The van der Waals surface area contributed by atoms with Gasteiger partial charge in [-0.15, -0.1) is 0 Å². The maximum absolute atomic E-state index is 3.70. The third-order valence-corrected chi connectivity index (χ3v) is 4.85. The number of rotatable bonds is 6. The Bertz CT molecular complexity index is 213. The van der Waals surface area contributed by atoms with E-state index in [1.54, 1.807) is 0 Å². The minimum atomic E-state index is 0.611. The van der Waals surface area contributed by atoms with Gasteiger partial charge in [-0.2, -0.15) is 0 Å². The van der Waals surface area contributed by atoms with Crippen LogP contribution in [-0.4, -0.2) is 37.6 Å². The van der Waals surface area contributed by atoms with Crippen molar-refractivity contribution in [1.29, 1.82) is 0 Å². The minimum absolute atomic E-state index is 0.611. The van der Waals surface area contributed by atoms with Crippen molar-refractivity contribution >= 4 is 0 Å². The van der Waals surface area contributed by atoms with Crippen molar-refractivity contribution in [2.45, 2.75) is 64.7 Å². The quantitative estimate of drug-likeness (QED) is 0.729. The van der Waals surface area contributed by atoms with Crippen LogP contribution in [0.4, 0.5) is 0 Å². The zero-order chi connectivity index (χ0) is 12.7. The van der Waals surface area contributed by atoms with Gasteiger partial charge in [-0.05, 0) is 57.2 Å². The smallest absolute Gasteiger partial charge is 0.00501 e. The molecule has 0 aromatic heterocycles. The number of likely N-dealkylation sites (tertiary alicyclic amines) is 1. The summed E-state index contributed by atoms with van der Waals surface area (Å²) in [5, 5.41) is 3.70. The van der Waals surface area contributed by atoms with Crippen LogP contribution in [0, 0.1) is 5.41 Å². The zero-order valence-corrected chi connectivity index (χ0v) is 12.3. The van der Waals surface area contributed by atoms with Crippen molar-refractivity contribution < 1.29 is 0 Å². The Balaban J connectivity index is 1.83. The minimum Gasteiger partial charge on any atom is -0.316 e. The lowest BCUT2D eigenvalue weighted by molar-refractivity contribution is 0.152. The fraction of sp³-hybridized carbons (Fsp3) is 1.00. The molecule has 1 N–H and O–H groups in total. The van der Waals surface area contributed by atoms with Crippen molar-refractivity contribution in [2.75, 3.05) is 32.7 Å². The van der Waals surface area contributed by atoms with Crippen molar-refractivity contribution in [3.05, 3.63) is 0 Å². The highest BCUT2D eigenvalue weighted by molar-refractivity contribution is 4.89. The van der Waals surface area contributed by atoms with Crippen LogP contribution in [0.5, 0.6) is 0 Å². The summed E-state index contributed by atoms with van der Waals surface area (Å²) < 4.78 is 0. The average Bonchev–Trinajstić information content (AvgIpc) is 2.67. The molecular formula is C16H32N2. The third-order valence-electron chi connectivity index (χ3n) is 4.85. The summed E-state index contributed by atoms with van der Waals surface area (Å²) in [6, 6.07) is 0. The topological polar surface area (TPSA) is 15.3 Å². The normalized spacial score (nSPS) is 25.2. The van der Waals surface area contributed by atoms with Crippen molar-refractivity contribution in [3.63, 3.8) is 0 Å². The first-order chi connectivity index (χ1) is 8.85. The lowest BCUT2D eigenvalue weighted by atomic mass is 9.85. The van der Waals surface area contributed by atoms with Gasteiger partial charge in [0.25, 0.3) is 0 Å². The summed E-state index contributed by atoms with van der Waals surface area (Å²) in [4.78, 5) is 2.77. The van der Waals surface area contributed by atoms with Gasteiger partial charge in [0.2, 0.25) is 0 Å². The number of hydrogen-bond donors (Lipinski definition) is 1. The SMILES string of the molecule is CCCNCC1(CN2CCCCCC2)CCCC1. The molecule has 0 spiro atoms. The van der Waals surface area contributed by atoms with Gasteiger partial charge in [0.05, 0.1) is 0 Å². The van der Waals surface area contributed by atoms with Gasteiger partial charge in [-0.1, -0.05) is 32.6 Å². The molecule has 2 aliphatic rings. The summed E-state index contributed by atoms with van der Waals surface area (Å²) >= 11 is 0. The summed E-state index contributed by atoms with van der Waals surface area (Å²) in [7, 11) is 0. The zero-order valence-electron chi connectivity index (χ0n) is 12.3. The molecule has 0 atom stereocenters. The average molecular weight is 252 g/mol. The van der Waals surface area contributed by atoms with Gasteiger partial charge in [-0.25, -0.2) is 0 Å². The second-order valence-electron chi connectivity index (χ2n) is 6.57. The van der Waals surface area contributed by atoms with Crippen LogP contribution in [0.1, 0.15) is 64.7 Å². The second-order valence-corrected chi connectivity index (χ2v) is 6.57. The van der Waals surface area contributed by atoms with E-state index in [1.807, 2.05) is 0 Å². The van der Waals surface area contributed by atoms with Crippen LogP contribution in [0.3, 0.4) is 0 Å². The Morgan fingerprint density at radius 2 is 1.61 bits per heavy atom. The molecule has 0 radical (unpaired) electrons. The van der Waals surface area contributed by atoms with Gasteiger partial charge < -0.3 is 10.2 Å². The van der Waals surface area contributed by atoms with Crippen molar-refractivity contribution in [2.24, 2.45) is 5.41 Å². The third kappa shape index (κ3) is 4.24. The molecule has 0 unspecified atom stereocenters. The molecule has 2 nitrogen and oxygen atoms in total. The van der Waals surface area contributed by atoms with Gasteiger partial charge in [-0.3, -0.25) is 0 Å². The van der Waals surface area contributed by atoms with E-state index in [4.69, 9.17) is 0 Å². The summed E-state index contributed by atoms with van der Waals surface area (Å²) in [6.07, 6.45) is 12.9. The maximum Gasteiger partial charge on any atom is 0.00501 e. The predicted octanol–water partition coefficient (Wildman–Crippen LogP) is 3.42. The maximum atomic E-state index is 3.70. The van der Waals surface area contributed by atoms with Crippen LogP contribution < -0.4 is 5.32 Å². The van der Waals surface area contributed by atoms with E-state index < -0.39 is 0 Å². The van der Waals surface area contributed by atoms with Crippen LogP contribution in [0.15, 0.2) is 0 Å². The van der Waals surface area contributed by atoms with E-state index in [-0.39, 0.29) is 0 Å². The fourth-order valence-corrected chi connectivity index (χ4v) is 3.81. The Morgan fingerprint density at radius 1 is 0.944 bits per heavy atom. The van der Waals surface area contributed by atoms with Crippen LogP contribution >= 0.6 is 0 Å². The van der Waals surface area contributed by atoms with Crippen LogP contribution in [-0.2, 0) is 0 Å². The first-order valence-electron chi connectivity index (χ1n) is 8.28. The first kappa shape index (κ1) is 14.3. The van der Waals surface area contributed by atoms with Crippen LogP contribution in [0.2, 0.25) is 0 Å². The molecule has 1 saturated heterocycles. The van der Waals surface area contributed by atoms with E-state index in [1.165, 1.54) is 90.5 Å². The fourth-order valence-electron chi connectivity index (χ4n) is 3.81. The van der Waals surface area contributed by atoms with E-state index in [9.17, 15) is 0 Å². The molecule has 1 aliphatic heterocycles. The molecule has 2 fully saturated rings. The number of nitrogens with zero attached hydrogens (tertiary/aromatic N) is 1. The van der Waals surface area contributed by atoms with E-state index in [0.717, 1.165) is 0 Å². The van der Waals surface area contributed by atoms with Crippen LogP contribution in [0.25, 0.3) is 0 Å². The number of hydrogen-bond acceptors (Lipinski definition) is 2. The highest BCUT2D eigenvalue weighted by Crippen LogP contribution is 2.38. The number of nitrogens with one attached hydrogen (secondary N) is 1. The van der Waals surface area contributed by atoms with Crippen molar-refractivity contribution in [1.82, 2.24) is 10.2 Å². The van der Waals surface area contributed by atoms with Gasteiger partial charge >= 0.3 is 0 Å². The summed E-state index contributed by atoms with van der Waals surface area (Å²) in [5.41, 5.74) is 0.611. The molecule has 1 aliphatic carbocycles. The Labute approximate surface area is 114 Å². The Hall–Kier alpha value is -0.0800. The van der Waals surface area contributed by atoms with E-state index in [0.29, 0.717) is 5.41 Å². The van der Waals surface area contributed by atoms with E-state index in [2.05, 4.69) is 17.1 Å². The molecule has 0 aromatic carbocycles. The van der Waals surface area contributed by atoms with Gasteiger partial charge in [0, 0.05) is 13.1 Å². The lowest BCUT2D eigenvalue weighted by Crippen LogP contribution is -2.43. The Kier molecular flexibility index (Phi) is 5.97. The largest absolute Gasteiger partial charge is 0.316 e. The second kappa shape index (κ2) is 7.49. The molecule has 1 saturated carbocycles. The van der Waals surface area contributed by atoms with Gasteiger partial charge in [0.1, 0.15) is 0 Å². The van der Waals surface area contributed by atoms with Gasteiger partial charge in [0.15, 0.2) is 0 Å². The monoisotopic (exact) mass is 252 g/mol. The molecule has 0 aromatic rings. The molecule has 2 heteroatoms. The molecule has 0 amide bonds. The molecular weight excluding hydrogens is 220 g/mol. The summed E-state index contributed by atoms with van der Waals surface area (Å²) in [5.74, 6) is 0.